The average Bonchev–Trinajstić information content (AvgIpc) is 2.85. The Morgan fingerprint density at radius 3 is 2.84 bits per heavy atom. The Morgan fingerprint density at radius 1 is 1.21 bits per heavy atom. The Morgan fingerprint density at radius 2 is 2.05 bits per heavy atom. The molecule has 0 spiro atoms. The normalized spacial score (nSPS) is 11.9. The summed E-state index contributed by atoms with van der Waals surface area (Å²) in [5.74, 6) is 0.839. The third-order valence-electron chi connectivity index (χ3n) is 3.41. The summed E-state index contributed by atoms with van der Waals surface area (Å²) in [6.07, 6.45) is 8.29. The van der Waals surface area contributed by atoms with Gasteiger partial charge in [-0.3, -0.25) is 0 Å². The first-order chi connectivity index (χ1) is 9.12. The molecule has 0 unspecified atom stereocenters. The smallest absolute Gasteiger partial charge is 0.182 e. The summed E-state index contributed by atoms with van der Waals surface area (Å²) in [5, 5.41) is 3.42. The molecular weight excluding hydrogens is 238 g/mol. The van der Waals surface area contributed by atoms with Gasteiger partial charge in [0.15, 0.2) is 11.5 Å². The van der Waals surface area contributed by atoms with Crippen LogP contribution in [0, 0.1) is 5.41 Å². The van der Waals surface area contributed by atoms with Crippen LogP contribution in [-0.2, 0) is 0 Å². The number of aromatic nitrogens is 4. The van der Waals surface area contributed by atoms with Crippen molar-refractivity contribution < 1.29 is 0 Å². The van der Waals surface area contributed by atoms with Crippen LogP contribution in [0.4, 0.5) is 5.82 Å². The topological polar surface area (TPSA) is 66.5 Å². The van der Waals surface area contributed by atoms with Gasteiger partial charge < -0.3 is 10.3 Å². The van der Waals surface area contributed by atoms with Crippen molar-refractivity contribution in [3.63, 3.8) is 0 Å². The highest BCUT2D eigenvalue weighted by Crippen LogP contribution is 2.25. The Balaban J connectivity index is 1.96. The molecule has 0 aliphatic rings. The molecule has 19 heavy (non-hydrogen) atoms. The monoisotopic (exact) mass is 261 g/mol. The van der Waals surface area contributed by atoms with Gasteiger partial charge in [-0.2, -0.15) is 0 Å². The summed E-state index contributed by atoms with van der Waals surface area (Å²) >= 11 is 0. The maximum Gasteiger partial charge on any atom is 0.182 e. The van der Waals surface area contributed by atoms with Crippen LogP contribution in [0.1, 0.15) is 46.5 Å². The molecule has 5 heteroatoms. The van der Waals surface area contributed by atoms with Crippen LogP contribution in [0.3, 0.4) is 0 Å². The number of fused-ring (bicyclic) bond motifs is 1. The first-order valence-corrected chi connectivity index (χ1v) is 7.00. The first kappa shape index (κ1) is 13.8. The van der Waals surface area contributed by atoms with Gasteiger partial charge in [0.25, 0.3) is 0 Å². The predicted molar refractivity (Wildman–Crippen MR) is 78.1 cm³/mol. The highest BCUT2D eigenvalue weighted by atomic mass is 15.1. The lowest BCUT2D eigenvalue weighted by molar-refractivity contribution is 0.342. The molecule has 2 N–H and O–H groups in total. The minimum atomic E-state index is 0.270. The van der Waals surface area contributed by atoms with Crippen molar-refractivity contribution in [2.75, 3.05) is 11.9 Å². The number of aromatic amines is 1. The van der Waals surface area contributed by atoms with E-state index in [1.54, 1.807) is 12.7 Å². The van der Waals surface area contributed by atoms with E-state index in [0.29, 0.717) is 5.65 Å². The van der Waals surface area contributed by atoms with Crippen molar-refractivity contribution in [3.8, 4) is 0 Å². The fourth-order valence-electron chi connectivity index (χ4n) is 2.16. The lowest BCUT2D eigenvalue weighted by Crippen LogP contribution is -2.23. The molecule has 0 fully saturated rings. The third kappa shape index (κ3) is 3.66. The Labute approximate surface area is 114 Å². The number of nitrogens with zero attached hydrogens (tertiary/aromatic N) is 3. The Hall–Kier alpha value is -1.65. The number of rotatable bonds is 7. The number of hydrogen-bond donors (Lipinski definition) is 2. The third-order valence-corrected chi connectivity index (χ3v) is 3.41. The van der Waals surface area contributed by atoms with E-state index in [1.807, 2.05) is 0 Å². The van der Waals surface area contributed by atoms with Crippen LogP contribution in [0.15, 0.2) is 12.7 Å². The minimum Gasteiger partial charge on any atom is -0.368 e. The number of imidazole rings is 1. The first-order valence-electron chi connectivity index (χ1n) is 7.00. The zero-order valence-corrected chi connectivity index (χ0v) is 12.0. The number of hydrogen-bond acceptors (Lipinski definition) is 4. The van der Waals surface area contributed by atoms with Gasteiger partial charge >= 0.3 is 0 Å². The molecule has 2 aromatic rings. The molecule has 5 nitrogen and oxygen atoms in total. The maximum absolute atomic E-state index is 4.29. The number of anilines is 1. The largest absolute Gasteiger partial charge is 0.368 e. The van der Waals surface area contributed by atoms with Gasteiger partial charge in [-0.25, -0.2) is 15.0 Å². The second-order valence-corrected chi connectivity index (χ2v) is 5.80. The fraction of sp³-hybridized carbons (Fsp3) is 0.643. The molecular formula is C14H23N5. The summed E-state index contributed by atoms with van der Waals surface area (Å²) < 4.78 is 0. The molecule has 0 aromatic carbocycles. The van der Waals surface area contributed by atoms with E-state index in [0.717, 1.165) is 17.9 Å². The molecule has 0 bridgehead atoms. The highest BCUT2D eigenvalue weighted by Gasteiger charge is 2.18. The van der Waals surface area contributed by atoms with Gasteiger partial charge in [-0.05, 0) is 11.8 Å². The molecule has 0 saturated heterocycles. The summed E-state index contributed by atoms with van der Waals surface area (Å²) in [7, 11) is 0. The van der Waals surface area contributed by atoms with E-state index in [2.05, 4.69) is 46.0 Å². The van der Waals surface area contributed by atoms with E-state index in [4.69, 9.17) is 0 Å². The quantitative estimate of drug-likeness (QED) is 0.750. The van der Waals surface area contributed by atoms with Crippen molar-refractivity contribution >= 4 is 17.0 Å². The van der Waals surface area contributed by atoms with Crippen molar-refractivity contribution in [1.29, 1.82) is 0 Å². The van der Waals surface area contributed by atoms with Crippen LogP contribution in [0.25, 0.3) is 11.2 Å². The molecule has 0 aliphatic heterocycles. The van der Waals surface area contributed by atoms with Gasteiger partial charge in [0.05, 0.1) is 6.33 Å². The predicted octanol–water partition coefficient (Wildman–Crippen LogP) is 3.37. The van der Waals surface area contributed by atoms with Crippen LogP contribution in [0.2, 0.25) is 0 Å². The van der Waals surface area contributed by atoms with Gasteiger partial charge in [0.2, 0.25) is 0 Å². The lowest BCUT2D eigenvalue weighted by atomic mass is 9.87. The summed E-state index contributed by atoms with van der Waals surface area (Å²) in [5.41, 5.74) is 1.86. The molecule has 0 radical (unpaired) electrons. The Kier molecular flexibility index (Phi) is 4.35. The Bertz CT molecular complexity index is 517. The zero-order chi connectivity index (χ0) is 13.7. The second kappa shape index (κ2) is 5.99. The van der Waals surface area contributed by atoms with Crippen molar-refractivity contribution in [2.24, 2.45) is 5.41 Å². The fourth-order valence-corrected chi connectivity index (χ4v) is 2.16. The van der Waals surface area contributed by atoms with Crippen molar-refractivity contribution in [3.05, 3.63) is 12.7 Å². The van der Waals surface area contributed by atoms with E-state index >= 15 is 0 Å². The lowest BCUT2D eigenvalue weighted by Gasteiger charge is -2.25. The van der Waals surface area contributed by atoms with E-state index in [1.165, 1.54) is 25.7 Å². The molecule has 2 aromatic heterocycles. The summed E-state index contributed by atoms with van der Waals surface area (Å²) in [6, 6.07) is 0. The van der Waals surface area contributed by atoms with Crippen LogP contribution < -0.4 is 5.32 Å². The molecule has 0 saturated carbocycles. The average molecular weight is 261 g/mol. The highest BCUT2D eigenvalue weighted by molar-refractivity contribution is 5.81. The molecule has 0 amide bonds. The SMILES string of the molecule is CCCCCC(C)(C)CNc1ncnc2nc[nH]c12. The number of H-pyrrole nitrogens is 1. The molecule has 0 aliphatic carbocycles. The summed E-state index contributed by atoms with van der Waals surface area (Å²) in [6.45, 7) is 7.73. The van der Waals surface area contributed by atoms with E-state index < -0.39 is 0 Å². The van der Waals surface area contributed by atoms with E-state index in [-0.39, 0.29) is 5.41 Å². The number of nitrogens with one attached hydrogen (secondary N) is 2. The standard InChI is InChI=1S/C14H23N5/c1-4-5-6-7-14(2,3)8-15-12-11-13(17-9-16-11)19-10-18-12/h9-10H,4-8H2,1-3H3,(H2,15,16,17,18,19). The van der Waals surface area contributed by atoms with Gasteiger partial charge in [-0.1, -0.05) is 40.0 Å². The van der Waals surface area contributed by atoms with Gasteiger partial charge in [0.1, 0.15) is 11.8 Å². The van der Waals surface area contributed by atoms with Crippen molar-refractivity contribution in [1.82, 2.24) is 19.9 Å². The summed E-state index contributed by atoms with van der Waals surface area (Å²) in [4.78, 5) is 15.6. The zero-order valence-electron chi connectivity index (χ0n) is 12.0. The molecule has 2 rings (SSSR count). The molecule has 0 atom stereocenters. The molecule has 104 valence electrons. The van der Waals surface area contributed by atoms with Gasteiger partial charge in [0, 0.05) is 6.54 Å². The van der Waals surface area contributed by atoms with Crippen LogP contribution >= 0.6 is 0 Å². The van der Waals surface area contributed by atoms with Crippen LogP contribution in [0.5, 0.6) is 0 Å². The van der Waals surface area contributed by atoms with Gasteiger partial charge in [-0.15, -0.1) is 0 Å². The van der Waals surface area contributed by atoms with Crippen LogP contribution in [-0.4, -0.2) is 26.5 Å². The van der Waals surface area contributed by atoms with Crippen molar-refractivity contribution in [2.45, 2.75) is 46.5 Å². The maximum atomic E-state index is 4.29. The molecule has 2 heterocycles. The second-order valence-electron chi connectivity index (χ2n) is 5.80. The number of unbranched alkanes of at least 4 members (excludes halogenated alkanes) is 2. The minimum absolute atomic E-state index is 0.270. The van der Waals surface area contributed by atoms with E-state index in [9.17, 15) is 0 Å².